The molecule has 0 bridgehead atoms. The second kappa shape index (κ2) is 4.68. The van der Waals surface area contributed by atoms with Gasteiger partial charge in [0.05, 0.1) is 13.3 Å². The van der Waals surface area contributed by atoms with Crippen LogP contribution in [0, 0.1) is 5.95 Å². The van der Waals surface area contributed by atoms with Crippen LogP contribution in [0.3, 0.4) is 0 Å². The zero-order valence-electron chi connectivity index (χ0n) is 8.19. The number of hydrogen-bond donors (Lipinski definition) is 0. The van der Waals surface area contributed by atoms with Crippen molar-refractivity contribution in [3.05, 3.63) is 17.7 Å². The van der Waals surface area contributed by atoms with Gasteiger partial charge in [0.2, 0.25) is 0 Å². The summed E-state index contributed by atoms with van der Waals surface area (Å²) in [6.45, 7) is 0. The van der Waals surface area contributed by atoms with Crippen molar-refractivity contribution >= 4 is 0 Å². The summed E-state index contributed by atoms with van der Waals surface area (Å²) < 4.78 is 81.2. The first-order valence-electron chi connectivity index (χ1n) is 4.02. The Morgan fingerprint density at radius 3 is 2.29 bits per heavy atom. The van der Waals surface area contributed by atoms with E-state index in [0.717, 1.165) is 7.11 Å². The maximum absolute atomic E-state index is 12.9. The molecule has 0 aromatic carbocycles. The molecule has 0 aliphatic heterocycles. The first-order valence-corrected chi connectivity index (χ1v) is 4.02. The van der Waals surface area contributed by atoms with Crippen LogP contribution in [0.15, 0.2) is 6.20 Å². The lowest BCUT2D eigenvalue weighted by atomic mass is 10.2. The highest BCUT2D eigenvalue weighted by Gasteiger charge is 2.36. The number of hydrogen-bond acceptors (Lipinski definition) is 3. The molecule has 0 amide bonds. The summed E-state index contributed by atoms with van der Waals surface area (Å²) in [5, 5.41) is 0. The van der Waals surface area contributed by atoms with Crippen molar-refractivity contribution in [2.45, 2.75) is 12.8 Å². The van der Waals surface area contributed by atoms with Gasteiger partial charge in [0, 0.05) is 0 Å². The molecule has 0 aliphatic carbocycles. The minimum atomic E-state index is -5.31. The molecule has 96 valence electrons. The van der Waals surface area contributed by atoms with Crippen LogP contribution in [0.4, 0.5) is 26.3 Å². The van der Waals surface area contributed by atoms with Gasteiger partial charge >= 0.3 is 6.36 Å². The number of nitrogens with zero attached hydrogens (tertiary/aromatic N) is 1. The lowest BCUT2D eigenvalue weighted by molar-refractivity contribution is -0.276. The van der Waals surface area contributed by atoms with Gasteiger partial charge in [-0.25, -0.2) is 13.8 Å². The third-order valence-electron chi connectivity index (χ3n) is 1.65. The third-order valence-corrected chi connectivity index (χ3v) is 1.65. The van der Waals surface area contributed by atoms with Crippen LogP contribution in [-0.2, 0) is 0 Å². The largest absolute Gasteiger partial charge is 0.573 e. The van der Waals surface area contributed by atoms with Crippen LogP contribution >= 0.6 is 0 Å². The van der Waals surface area contributed by atoms with Gasteiger partial charge in [0.25, 0.3) is 12.4 Å². The Morgan fingerprint density at radius 2 is 1.88 bits per heavy atom. The summed E-state index contributed by atoms with van der Waals surface area (Å²) in [6.07, 6.45) is -8.17. The number of aromatic nitrogens is 1. The van der Waals surface area contributed by atoms with Crippen LogP contribution < -0.4 is 9.47 Å². The predicted octanol–water partition coefficient (Wildman–Crippen LogP) is 3.07. The molecule has 0 unspecified atom stereocenters. The summed E-state index contributed by atoms with van der Waals surface area (Å²) >= 11 is 0. The van der Waals surface area contributed by atoms with Crippen molar-refractivity contribution in [2.75, 3.05) is 7.11 Å². The number of rotatable bonds is 3. The fraction of sp³-hybridized carbons (Fsp3) is 0.375. The molecule has 0 fully saturated rings. The Morgan fingerprint density at radius 1 is 1.29 bits per heavy atom. The number of pyridine rings is 1. The Hall–Kier alpha value is -1.67. The number of alkyl halides is 5. The van der Waals surface area contributed by atoms with Crippen LogP contribution in [0.1, 0.15) is 12.0 Å². The van der Waals surface area contributed by atoms with Gasteiger partial charge < -0.3 is 9.47 Å². The van der Waals surface area contributed by atoms with Gasteiger partial charge in [0.15, 0.2) is 5.75 Å². The average Bonchev–Trinajstić information content (AvgIpc) is 2.18. The number of ether oxygens (including phenoxy) is 2. The first kappa shape index (κ1) is 13.4. The fourth-order valence-corrected chi connectivity index (χ4v) is 1.05. The second-order valence-corrected chi connectivity index (χ2v) is 2.71. The van der Waals surface area contributed by atoms with Crippen molar-refractivity contribution in [3.8, 4) is 11.5 Å². The van der Waals surface area contributed by atoms with E-state index in [0.29, 0.717) is 6.20 Å². The van der Waals surface area contributed by atoms with Gasteiger partial charge in [-0.3, -0.25) is 0 Å². The summed E-state index contributed by atoms with van der Waals surface area (Å²) in [5.74, 6) is -4.18. The van der Waals surface area contributed by atoms with Crippen LogP contribution in [0.25, 0.3) is 0 Å². The molecule has 0 aliphatic rings. The van der Waals surface area contributed by atoms with Crippen molar-refractivity contribution in [1.29, 1.82) is 0 Å². The lowest BCUT2D eigenvalue weighted by Crippen LogP contribution is -2.20. The minimum absolute atomic E-state index is 0.542. The molecule has 0 atom stereocenters. The van der Waals surface area contributed by atoms with Crippen LogP contribution in [0.5, 0.6) is 11.5 Å². The van der Waals surface area contributed by atoms with E-state index in [1.54, 1.807) is 0 Å². The molecule has 0 saturated carbocycles. The SMILES string of the molecule is COc1cnc(F)c(OC(F)(F)F)c1C(F)F. The molecule has 1 aromatic rings. The van der Waals surface area contributed by atoms with Gasteiger partial charge in [-0.2, -0.15) is 4.39 Å². The van der Waals surface area contributed by atoms with E-state index in [9.17, 15) is 26.3 Å². The molecule has 1 rings (SSSR count). The zero-order valence-corrected chi connectivity index (χ0v) is 8.19. The Bertz CT molecular complexity index is 406. The van der Waals surface area contributed by atoms with Gasteiger partial charge in [0.1, 0.15) is 11.3 Å². The maximum Gasteiger partial charge on any atom is 0.573 e. The predicted molar refractivity (Wildman–Crippen MR) is 42.4 cm³/mol. The fourth-order valence-electron chi connectivity index (χ4n) is 1.05. The quantitative estimate of drug-likeness (QED) is 0.619. The first-order chi connectivity index (χ1) is 7.76. The molecule has 1 heterocycles. The van der Waals surface area contributed by atoms with Crippen LogP contribution in [0.2, 0.25) is 0 Å². The topological polar surface area (TPSA) is 31.4 Å². The molecule has 3 nitrogen and oxygen atoms in total. The molecule has 0 radical (unpaired) electrons. The second-order valence-electron chi connectivity index (χ2n) is 2.71. The third kappa shape index (κ3) is 3.14. The van der Waals surface area contributed by atoms with E-state index in [4.69, 9.17) is 0 Å². The standard InChI is InChI=1S/C8H5F6NO2/c1-16-3-2-15-7(11)5(4(3)6(9)10)17-8(12,13)14/h2,6H,1H3. The van der Waals surface area contributed by atoms with Gasteiger partial charge in [-0.05, 0) is 0 Å². The molecule has 0 N–H and O–H groups in total. The summed E-state index contributed by atoms with van der Waals surface area (Å²) in [7, 11) is 0.929. The van der Waals surface area contributed by atoms with Crippen molar-refractivity contribution in [2.24, 2.45) is 0 Å². The minimum Gasteiger partial charge on any atom is -0.494 e. The molecular weight excluding hydrogens is 256 g/mol. The van der Waals surface area contributed by atoms with Crippen LogP contribution in [-0.4, -0.2) is 18.5 Å². The normalized spacial score (nSPS) is 11.8. The van der Waals surface area contributed by atoms with E-state index in [1.807, 2.05) is 0 Å². The van der Waals surface area contributed by atoms with Gasteiger partial charge in [-0.1, -0.05) is 0 Å². The van der Waals surface area contributed by atoms with Gasteiger partial charge in [-0.15, -0.1) is 13.2 Å². The molecule has 1 aromatic heterocycles. The monoisotopic (exact) mass is 261 g/mol. The summed E-state index contributed by atoms with van der Waals surface area (Å²) in [5.41, 5.74) is -1.34. The number of methoxy groups -OCH3 is 1. The van der Waals surface area contributed by atoms with Crippen molar-refractivity contribution in [1.82, 2.24) is 4.98 Å². The average molecular weight is 261 g/mol. The Balaban J connectivity index is 3.34. The Labute approximate surface area is 91.0 Å². The zero-order chi connectivity index (χ0) is 13.2. The molecular formula is C8H5F6NO2. The van der Waals surface area contributed by atoms with E-state index in [2.05, 4.69) is 14.5 Å². The summed E-state index contributed by atoms with van der Waals surface area (Å²) in [4.78, 5) is 2.83. The highest BCUT2D eigenvalue weighted by molar-refractivity contribution is 5.43. The highest BCUT2D eigenvalue weighted by atomic mass is 19.4. The molecule has 0 saturated heterocycles. The van der Waals surface area contributed by atoms with E-state index in [-0.39, 0.29) is 0 Å². The van der Waals surface area contributed by atoms with E-state index in [1.165, 1.54) is 0 Å². The summed E-state index contributed by atoms with van der Waals surface area (Å²) in [6, 6.07) is 0. The van der Waals surface area contributed by atoms with E-state index >= 15 is 0 Å². The lowest BCUT2D eigenvalue weighted by Gasteiger charge is -2.15. The molecule has 9 heteroatoms. The van der Waals surface area contributed by atoms with E-state index < -0.39 is 35.8 Å². The molecule has 0 spiro atoms. The Kier molecular flexibility index (Phi) is 3.69. The maximum atomic E-state index is 12.9. The van der Waals surface area contributed by atoms with Crippen molar-refractivity contribution < 1.29 is 35.8 Å². The van der Waals surface area contributed by atoms with Crippen molar-refractivity contribution in [3.63, 3.8) is 0 Å². The highest BCUT2D eigenvalue weighted by Crippen LogP contribution is 2.39. The number of halogens is 6. The molecule has 17 heavy (non-hydrogen) atoms. The smallest absolute Gasteiger partial charge is 0.494 e.